The Morgan fingerprint density at radius 2 is 1.70 bits per heavy atom. The maximum atomic E-state index is 11.6. The van der Waals surface area contributed by atoms with Crippen molar-refractivity contribution in [3.05, 3.63) is 24.3 Å². The molecule has 20 heavy (non-hydrogen) atoms. The van der Waals surface area contributed by atoms with Crippen LogP contribution in [-0.4, -0.2) is 46.9 Å². The topological polar surface area (TPSA) is 106 Å². The number of rotatable bonds is 8. The fourth-order valence-electron chi connectivity index (χ4n) is 1.29. The average molecular weight is 338 g/mol. The van der Waals surface area contributed by atoms with Gasteiger partial charge in [0, 0.05) is 29.1 Å². The monoisotopic (exact) mass is 338 g/mol. The molecule has 0 spiro atoms. The summed E-state index contributed by atoms with van der Waals surface area (Å²) in [5.41, 5.74) is 6.21. The van der Waals surface area contributed by atoms with Gasteiger partial charge in [-0.05, 0) is 24.3 Å². The van der Waals surface area contributed by atoms with E-state index in [-0.39, 0.29) is 18.1 Å². The number of thioether (sulfide) groups is 1. The summed E-state index contributed by atoms with van der Waals surface area (Å²) in [6.07, 6.45) is 1.07. The number of nitrogens with one attached hydrogen (secondary N) is 1. The summed E-state index contributed by atoms with van der Waals surface area (Å²) in [6, 6.07) is 7.15. The third kappa shape index (κ3) is 7.73. The Labute approximate surface area is 124 Å². The van der Waals surface area contributed by atoms with Gasteiger partial charge in [-0.3, -0.25) is 0 Å². The first-order chi connectivity index (χ1) is 9.18. The predicted molar refractivity (Wildman–Crippen MR) is 83.1 cm³/mol. The van der Waals surface area contributed by atoms with E-state index in [9.17, 15) is 16.8 Å². The Balaban J connectivity index is 2.34. The molecule has 3 N–H and O–H groups in total. The highest BCUT2D eigenvalue weighted by molar-refractivity contribution is 8.00. The van der Waals surface area contributed by atoms with Crippen LogP contribution in [0.3, 0.4) is 0 Å². The quantitative estimate of drug-likeness (QED) is 0.522. The first kappa shape index (κ1) is 17.3. The normalized spacial score (nSPS) is 12.4. The fraction of sp³-hybridized carbons (Fsp3) is 0.455. The van der Waals surface area contributed by atoms with Crippen molar-refractivity contribution in [1.29, 1.82) is 0 Å². The summed E-state index contributed by atoms with van der Waals surface area (Å²) < 4.78 is 47.3. The van der Waals surface area contributed by atoms with E-state index in [1.165, 1.54) is 11.8 Å². The lowest BCUT2D eigenvalue weighted by Crippen LogP contribution is -2.31. The molecular formula is C11H18N2O4S3. The molecule has 0 atom stereocenters. The summed E-state index contributed by atoms with van der Waals surface area (Å²) >= 11 is 1.40. The Hall–Kier alpha value is -0.770. The highest BCUT2D eigenvalue weighted by atomic mass is 32.2. The van der Waals surface area contributed by atoms with Crippen molar-refractivity contribution in [1.82, 2.24) is 4.72 Å². The van der Waals surface area contributed by atoms with E-state index in [4.69, 9.17) is 5.73 Å². The molecule has 114 valence electrons. The molecule has 0 fully saturated rings. The third-order valence-corrected chi connectivity index (χ3v) is 5.90. The minimum atomic E-state index is -3.44. The molecule has 6 nitrogen and oxygen atoms in total. The van der Waals surface area contributed by atoms with Crippen molar-refractivity contribution < 1.29 is 16.8 Å². The predicted octanol–water partition coefficient (Wildman–Crippen LogP) is 0.325. The van der Waals surface area contributed by atoms with Crippen LogP contribution in [0.5, 0.6) is 0 Å². The van der Waals surface area contributed by atoms with Gasteiger partial charge in [-0.15, -0.1) is 11.8 Å². The molecule has 1 aromatic rings. The second-order valence-corrected chi connectivity index (χ2v) is 9.62. The number of hydrogen-bond acceptors (Lipinski definition) is 6. The summed E-state index contributed by atoms with van der Waals surface area (Å²) in [6.45, 7) is -0.0896. The fourth-order valence-corrected chi connectivity index (χ4v) is 4.22. The number of hydrogen-bond donors (Lipinski definition) is 2. The molecule has 0 radical (unpaired) electrons. The Bertz CT molecular complexity index is 624. The molecule has 9 heteroatoms. The van der Waals surface area contributed by atoms with Crippen LogP contribution in [0.15, 0.2) is 29.2 Å². The number of anilines is 1. The van der Waals surface area contributed by atoms with Gasteiger partial charge in [-0.2, -0.15) is 0 Å². The molecule has 0 amide bonds. The van der Waals surface area contributed by atoms with Crippen LogP contribution < -0.4 is 10.5 Å². The molecule has 0 heterocycles. The SMILES string of the molecule is CS(=O)(=O)CCNS(=O)(=O)CCSc1ccc(N)cc1. The maximum absolute atomic E-state index is 11.6. The summed E-state index contributed by atoms with van der Waals surface area (Å²) in [7, 11) is -6.60. The van der Waals surface area contributed by atoms with Crippen molar-refractivity contribution in [2.75, 3.05) is 35.8 Å². The Morgan fingerprint density at radius 3 is 2.25 bits per heavy atom. The molecule has 1 aromatic carbocycles. The largest absolute Gasteiger partial charge is 0.399 e. The average Bonchev–Trinajstić information content (AvgIpc) is 2.29. The Morgan fingerprint density at radius 1 is 1.10 bits per heavy atom. The van der Waals surface area contributed by atoms with E-state index >= 15 is 0 Å². The van der Waals surface area contributed by atoms with Gasteiger partial charge >= 0.3 is 0 Å². The van der Waals surface area contributed by atoms with Crippen LogP contribution in [0.2, 0.25) is 0 Å². The number of sulfone groups is 1. The van der Waals surface area contributed by atoms with E-state index in [1.807, 2.05) is 12.1 Å². The van der Waals surface area contributed by atoms with Crippen molar-refractivity contribution >= 4 is 37.3 Å². The van der Waals surface area contributed by atoms with Crippen molar-refractivity contribution in [3.8, 4) is 0 Å². The smallest absolute Gasteiger partial charge is 0.212 e. The van der Waals surface area contributed by atoms with Gasteiger partial charge in [0.2, 0.25) is 10.0 Å². The first-order valence-corrected chi connectivity index (χ1v) is 10.5. The lowest BCUT2D eigenvalue weighted by atomic mass is 10.3. The zero-order valence-corrected chi connectivity index (χ0v) is 13.5. The molecule has 1 rings (SSSR count). The van der Waals surface area contributed by atoms with E-state index in [0.717, 1.165) is 11.2 Å². The lowest BCUT2D eigenvalue weighted by Gasteiger charge is -2.06. The molecular weight excluding hydrogens is 320 g/mol. The third-order valence-electron chi connectivity index (χ3n) is 2.30. The molecule has 0 unspecified atom stereocenters. The summed E-state index contributed by atoms with van der Waals surface area (Å²) in [5.74, 6) is 0.126. The van der Waals surface area contributed by atoms with E-state index in [1.54, 1.807) is 12.1 Å². The Kier molecular flexibility index (Phi) is 6.31. The van der Waals surface area contributed by atoms with Gasteiger partial charge in [0.15, 0.2) is 0 Å². The first-order valence-electron chi connectivity index (χ1n) is 5.81. The minimum absolute atomic E-state index is 0.0637. The molecule has 0 aliphatic rings. The lowest BCUT2D eigenvalue weighted by molar-refractivity contribution is 0.583. The molecule has 0 aliphatic heterocycles. The zero-order valence-electron chi connectivity index (χ0n) is 11.1. The highest BCUT2D eigenvalue weighted by Crippen LogP contribution is 2.19. The van der Waals surface area contributed by atoms with Crippen molar-refractivity contribution in [3.63, 3.8) is 0 Å². The van der Waals surface area contributed by atoms with Gasteiger partial charge in [-0.1, -0.05) is 0 Å². The summed E-state index contributed by atoms with van der Waals surface area (Å²) in [5, 5.41) is 0. The number of nitrogen functional groups attached to an aromatic ring is 1. The maximum Gasteiger partial charge on any atom is 0.212 e. The zero-order chi connectivity index (χ0) is 15.2. The van der Waals surface area contributed by atoms with Crippen LogP contribution in [0.25, 0.3) is 0 Å². The number of sulfonamides is 1. The van der Waals surface area contributed by atoms with Crippen LogP contribution in [0, 0.1) is 0 Å². The van der Waals surface area contributed by atoms with Crippen LogP contribution in [0.4, 0.5) is 5.69 Å². The van der Waals surface area contributed by atoms with E-state index < -0.39 is 19.9 Å². The van der Waals surface area contributed by atoms with Crippen molar-refractivity contribution in [2.45, 2.75) is 4.90 Å². The molecule has 0 bridgehead atoms. The van der Waals surface area contributed by atoms with Gasteiger partial charge in [0.05, 0.1) is 11.5 Å². The highest BCUT2D eigenvalue weighted by Gasteiger charge is 2.11. The molecule has 0 saturated heterocycles. The van der Waals surface area contributed by atoms with Gasteiger partial charge in [-0.25, -0.2) is 21.6 Å². The molecule has 0 saturated carbocycles. The second-order valence-electron chi connectivity index (χ2n) is 4.26. The van der Waals surface area contributed by atoms with Crippen LogP contribution in [0.1, 0.15) is 0 Å². The number of nitrogens with two attached hydrogens (primary N) is 1. The van der Waals surface area contributed by atoms with E-state index in [2.05, 4.69) is 4.72 Å². The number of benzene rings is 1. The van der Waals surface area contributed by atoms with Gasteiger partial charge < -0.3 is 5.73 Å². The van der Waals surface area contributed by atoms with Crippen LogP contribution >= 0.6 is 11.8 Å². The minimum Gasteiger partial charge on any atom is -0.399 e. The van der Waals surface area contributed by atoms with Gasteiger partial charge in [0.1, 0.15) is 9.84 Å². The standard InChI is InChI=1S/C11H18N2O4S3/c1-19(14,15)8-6-13-20(16,17)9-7-18-11-4-2-10(12)3-5-11/h2-5,13H,6-9,12H2,1H3. The summed E-state index contributed by atoms with van der Waals surface area (Å²) in [4.78, 5) is 0.936. The second kappa shape index (κ2) is 7.30. The van der Waals surface area contributed by atoms with Crippen molar-refractivity contribution in [2.24, 2.45) is 0 Å². The van der Waals surface area contributed by atoms with Crippen LogP contribution in [-0.2, 0) is 19.9 Å². The van der Waals surface area contributed by atoms with Gasteiger partial charge in [0.25, 0.3) is 0 Å². The molecule has 0 aliphatic carbocycles. The molecule has 0 aromatic heterocycles. The van der Waals surface area contributed by atoms with E-state index in [0.29, 0.717) is 11.4 Å².